The number of ether oxygens (including phenoxy) is 1. The Kier molecular flexibility index (Phi) is 6.57. The van der Waals surface area contributed by atoms with Gasteiger partial charge in [0.05, 0.1) is 36.0 Å². The standard InChI is InChI=1S/C37H36FN5O/c1-21(2)26-14-12-17-30-33(26)34-32(37-42(7)28-15-8-9-16-29(28)43(30)37)23(4)31(20-39-34)44-35-22(3)27(24(5)40-36(35)38)19-25-13-10-11-18-41(25)6/h8-18,20-21H,19H2,1-7H3/q+2. The normalized spacial score (nSPS) is 11.9. The topological polar surface area (TPSA) is 47.2 Å². The molecule has 0 aliphatic carbocycles. The minimum atomic E-state index is -0.620. The summed E-state index contributed by atoms with van der Waals surface area (Å²) in [6.07, 6.45) is 4.37. The van der Waals surface area contributed by atoms with Gasteiger partial charge in [0.25, 0.3) is 11.6 Å². The first-order valence-electron chi connectivity index (χ1n) is 15.1. The molecule has 2 aromatic carbocycles. The highest BCUT2D eigenvalue weighted by Gasteiger charge is 2.28. The van der Waals surface area contributed by atoms with Crippen molar-refractivity contribution in [3.63, 3.8) is 0 Å². The molecular formula is C37H36FN5O+2. The zero-order valence-corrected chi connectivity index (χ0v) is 26.2. The van der Waals surface area contributed by atoms with Crippen LogP contribution >= 0.6 is 0 Å². The van der Waals surface area contributed by atoms with Crippen molar-refractivity contribution in [1.29, 1.82) is 0 Å². The first-order chi connectivity index (χ1) is 21.2. The zero-order chi connectivity index (χ0) is 30.9. The molecule has 0 bridgehead atoms. The molecule has 0 saturated carbocycles. The molecule has 0 spiro atoms. The molecule has 6 nitrogen and oxygen atoms in total. The number of halogens is 1. The molecule has 0 radical (unpaired) electrons. The van der Waals surface area contributed by atoms with Gasteiger partial charge in [0, 0.05) is 29.0 Å². The fourth-order valence-corrected chi connectivity index (χ4v) is 6.71. The molecule has 7 heteroatoms. The average molecular weight is 586 g/mol. The van der Waals surface area contributed by atoms with Crippen LogP contribution in [0.15, 0.2) is 73.1 Å². The van der Waals surface area contributed by atoms with Crippen molar-refractivity contribution in [1.82, 2.24) is 14.4 Å². The quantitative estimate of drug-likeness (QED) is 0.120. The Morgan fingerprint density at radius 1 is 0.886 bits per heavy atom. The maximum Gasteiger partial charge on any atom is 0.297 e. The molecule has 7 rings (SSSR count). The van der Waals surface area contributed by atoms with Gasteiger partial charge in [0.15, 0.2) is 28.7 Å². The molecule has 0 aliphatic rings. The van der Waals surface area contributed by atoms with E-state index in [1.54, 1.807) is 6.20 Å². The van der Waals surface area contributed by atoms with E-state index in [-0.39, 0.29) is 5.75 Å². The van der Waals surface area contributed by atoms with Crippen molar-refractivity contribution in [2.45, 2.75) is 47.0 Å². The Bertz CT molecular complexity index is 2290. The highest BCUT2D eigenvalue weighted by atomic mass is 19.1. The Labute approximate surface area is 256 Å². The molecule has 5 aromatic heterocycles. The lowest BCUT2D eigenvalue weighted by atomic mass is 9.95. The van der Waals surface area contributed by atoms with E-state index < -0.39 is 5.95 Å². The van der Waals surface area contributed by atoms with Crippen molar-refractivity contribution in [2.75, 3.05) is 0 Å². The van der Waals surface area contributed by atoms with Gasteiger partial charge in [-0.05, 0) is 56.0 Å². The Morgan fingerprint density at radius 3 is 2.41 bits per heavy atom. The third-order valence-corrected chi connectivity index (χ3v) is 9.12. The summed E-state index contributed by atoms with van der Waals surface area (Å²) in [6, 6.07) is 21.0. The van der Waals surface area contributed by atoms with Gasteiger partial charge in [-0.3, -0.25) is 4.98 Å². The number of benzene rings is 2. The lowest BCUT2D eigenvalue weighted by molar-refractivity contribution is -0.678. The number of hydrogen-bond donors (Lipinski definition) is 0. The number of rotatable bonds is 5. The molecule has 5 heterocycles. The van der Waals surface area contributed by atoms with E-state index in [0.717, 1.165) is 60.9 Å². The SMILES string of the molecule is Cc1nc(F)c(Oc2cnc3c4c(C(C)C)cccc4n4c5ccccc5[n+](C)c4c3c2C)c(C)c1Cc1cccc[n+]1C. The van der Waals surface area contributed by atoms with Gasteiger partial charge in [-0.1, -0.05) is 44.2 Å². The smallest absolute Gasteiger partial charge is 0.297 e. The lowest BCUT2D eigenvalue weighted by Gasteiger charge is -2.17. The van der Waals surface area contributed by atoms with Crippen LogP contribution in [0.3, 0.4) is 0 Å². The molecule has 0 atom stereocenters. The predicted octanol–water partition coefficient (Wildman–Crippen LogP) is 7.41. The Morgan fingerprint density at radius 2 is 1.64 bits per heavy atom. The fraction of sp³-hybridized carbons (Fsp3) is 0.243. The number of hydrogen-bond acceptors (Lipinski definition) is 3. The van der Waals surface area contributed by atoms with Gasteiger partial charge in [0.1, 0.15) is 18.3 Å². The van der Waals surface area contributed by atoms with Crippen LogP contribution < -0.4 is 13.9 Å². The molecule has 7 aromatic rings. The maximum atomic E-state index is 15.6. The first kappa shape index (κ1) is 27.9. The van der Waals surface area contributed by atoms with Crippen LogP contribution in [0, 0.1) is 26.7 Å². The number of aryl methyl sites for hydroxylation is 4. The minimum absolute atomic E-state index is 0.137. The summed E-state index contributed by atoms with van der Waals surface area (Å²) in [5.74, 6) is 0.325. The minimum Gasteiger partial charge on any atom is -0.450 e. The second-order valence-electron chi connectivity index (χ2n) is 12.1. The Balaban J connectivity index is 1.49. The van der Waals surface area contributed by atoms with E-state index in [4.69, 9.17) is 9.72 Å². The molecular weight excluding hydrogens is 549 g/mol. The number of imidazole rings is 1. The van der Waals surface area contributed by atoms with Crippen LogP contribution in [0.25, 0.3) is 38.5 Å². The highest BCUT2D eigenvalue weighted by molar-refractivity contribution is 6.13. The van der Waals surface area contributed by atoms with Crippen LogP contribution in [-0.4, -0.2) is 14.4 Å². The summed E-state index contributed by atoms with van der Waals surface area (Å²) >= 11 is 0. The average Bonchev–Trinajstić information content (AvgIpc) is 3.31. The highest BCUT2D eigenvalue weighted by Crippen LogP contribution is 2.40. The number of nitrogens with zero attached hydrogens (tertiary/aromatic N) is 5. The van der Waals surface area contributed by atoms with Gasteiger partial charge in [-0.2, -0.15) is 8.79 Å². The third-order valence-electron chi connectivity index (χ3n) is 9.12. The van der Waals surface area contributed by atoms with E-state index in [1.807, 2.05) is 46.1 Å². The molecule has 0 saturated heterocycles. The van der Waals surface area contributed by atoms with E-state index in [1.165, 1.54) is 5.56 Å². The fourth-order valence-electron chi connectivity index (χ4n) is 6.71. The third kappa shape index (κ3) is 4.13. The molecule has 44 heavy (non-hydrogen) atoms. The zero-order valence-electron chi connectivity index (χ0n) is 26.2. The summed E-state index contributed by atoms with van der Waals surface area (Å²) < 4.78 is 28.7. The van der Waals surface area contributed by atoms with Crippen LogP contribution in [0.5, 0.6) is 11.5 Å². The van der Waals surface area contributed by atoms with E-state index in [9.17, 15) is 0 Å². The van der Waals surface area contributed by atoms with Gasteiger partial charge >= 0.3 is 0 Å². The Hall–Kier alpha value is -4.91. The second kappa shape index (κ2) is 10.4. The molecule has 0 unspecified atom stereocenters. The number of pyridine rings is 4. The van der Waals surface area contributed by atoms with Crippen molar-refractivity contribution < 1.29 is 18.3 Å². The largest absolute Gasteiger partial charge is 0.450 e. The number of para-hydroxylation sites is 2. The van der Waals surface area contributed by atoms with Crippen LogP contribution in [-0.2, 0) is 20.5 Å². The number of fused-ring (bicyclic) bond motifs is 8. The van der Waals surface area contributed by atoms with Gasteiger partial charge < -0.3 is 4.74 Å². The van der Waals surface area contributed by atoms with Crippen molar-refractivity contribution in [2.24, 2.45) is 14.1 Å². The molecule has 0 N–H and O–H groups in total. The molecule has 220 valence electrons. The monoisotopic (exact) mass is 585 g/mol. The molecule has 0 fully saturated rings. The lowest BCUT2D eigenvalue weighted by Crippen LogP contribution is -2.33. The van der Waals surface area contributed by atoms with Crippen LogP contribution in [0.2, 0.25) is 0 Å². The maximum absolute atomic E-state index is 15.6. The molecule has 0 amide bonds. The summed E-state index contributed by atoms with van der Waals surface area (Å²) in [5, 5.41) is 2.11. The van der Waals surface area contributed by atoms with Gasteiger partial charge in [-0.15, -0.1) is 0 Å². The van der Waals surface area contributed by atoms with Crippen molar-refractivity contribution in [3.05, 3.63) is 113 Å². The predicted molar refractivity (Wildman–Crippen MR) is 172 cm³/mol. The summed E-state index contributed by atoms with van der Waals surface area (Å²) in [6.45, 7) is 10.2. The molecule has 0 aliphatic heterocycles. The van der Waals surface area contributed by atoms with Gasteiger partial charge in [0.2, 0.25) is 0 Å². The first-order valence-corrected chi connectivity index (χ1v) is 15.1. The van der Waals surface area contributed by atoms with E-state index in [0.29, 0.717) is 23.8 Å². The van der Waals surface area contributed by atoms with Crippen molar-refractivity contribution in [3.8, 4) is 11.5 Å². The number of aromatic nitrogens is 5. The van der Waals surface area contributed by atoms with Crippen molar-refractivity contribution >= 4 is 38.5 Å². The van der Waals surface area contributed by atoms with E-state index >= 15 is 4.39 Å². The van der Waals surface area contributed by atoms with E-state index in [2.05, 4.69) is 87.9 Å². The van der Waals surface area contributed by atoms with Crippen LogP contribution in [0.4, 0.5) is 4.39 Å². The van der Waals surface area contributed by atoms with Crippen LogP contribution in [0.1, 0.15) is 53.4 Å². The van der Waals surface area contributed by atoms with Gasteiger partial charge in [-0.25, -0.2) is 14.1 Å². The summed E-state index contributed by atoms with van der Waals surface area (Å²) in [7, 11) is 4.10. The second-order valence-corrected chi connectivity index (χ2v) is 12.1. The summed E-state index contributed by atoms with van der Waals surface area (Å²) in [4.78, 5) is 9.34. The summed E-state index contributed by atoms with van der Waals surface area (Å²) in [5.41, 5.74) is 10.9.